The summed E-state index contributed by atoms with van der Waals surface area (Å²) >= 11 is 0. The van der Waals surface area contributed by atoms with Crippen LogP contribution in [-0.2, 0) is 30.3 Å². The predicted molar refractivity (Wildman–Crippen MR) is 139 cm³/mol. The first-order valence-electron chi connectivity index (χ1n) is 12.0. The Morgan fingerprint density at radius 2 is 1.68 bits per heavy atom. The highest BCUT2D eigenvalue weighted by Crippen LogP contribution is 2.29. The zero-order valence-corrected chi connectivity index (χ0v) is 22.6. The van der Waals surface area contributed by atoms with Gasteiger partial charge in [0.2, 0.25) is 0 Å². The fourth-order valence-corrected chi connectivity index (χ4v) is 3.61. The molecule has 0 aliphatic heterocycles. The van der Waals surface area contributed by atoms with Crippen molar-refractivity contribution in [1.29, 1.82) is 0 Å². The summed E-state index contributed by atoms with van der Waals surface area (Å²) in [6, 6.07) is 7.45. The number of ether oxygens (including phenoxy) is 5. The minimum atomic E-state index is -0.915. The Bertz CT molecular complexity index is 1330. The maximum absolute atomic E-state index is 12.9. The highest BCUT2D eigenvalue weighted by atomic mass is 16.7. The summed E-state index contributed by atoms with van der Waals surface area (Å²) in [6.07, 6.45) is -0.708. The minimum Gasteiger partial charge on any atom is -0.494 e. The molecule has 1 heterocycles. The van der Waals surface area contributed by atoms with Gasteiger partial charge >= 0.3 is 18.0 Å². The molecule has 11 nitrogen and oxygen atoms in total. The number of esters is 2. The number of methoxy groups -OCH3 is 2. The Morgan fingerprint density at radius 1 is 0.947 bits per heavy atom. The summed E-state index contributed by atoms with van der Waals surface area (Å²) in [5, 5.41) is 2.58. The van der Waals surface area contributed by atoms with Crippen LogP contribution in [0, 0.1) is 5.92 Å². The maximum Gasteiger partial charge on any atom is 0.408 e. The van der Waals surface area contributed by atoms with E-state index in [0.717, 1.165) is 0 Å². The van der Waals surface area contributed by atoms with Crippen molar-refractivity contribution in [2.24, 2.45) is 5.92 Å². The smallest absolute Gasteiger partial charge is 0.408 e. The molecule has 0 spiro atoms. The Hall–Kier alpha value is -3.99. The van der Waals surface area contributed by atoms with Gasteiger partial charge in [0.25, 0.3) is 0 Å². The molecule has 1 atom stereocenters. The number of nitrogens with zero attached hydrogens (tertiary/aromatic N) is 2. The number of para-hydroxylation sites is 1. The van der Waals surface area contributed by atoms with Gasteiger partial charge < -0.3 is 29.0 Å². The van der Waals surface area contributed by atoms with Gasteiger partial charge in [0.1, 0.15) is 35.0 Å². The lowest BCUT2D eigenvalue weighted by Crippen LogP contribution is -2.47. The summed E-state index contributed by atoms with van der Waals surface area (Å²) in [5.74, 6) is -1.04. The second-order valence-corrected chi connectivity index (χ2v) is 9.84. The molecule has 3 aromatic rings. The molecular formula is C27H33N3O8. The number of hydrogen-bond donors (Lipinski definition) is 1. The number of aromatic nitrogens is 2. The molecule has 0 bridgehead atoms. The molecule has 38 heavy (non-hydrogen) atoms. The average molecular weight is 528 g/mol. The normalized spacial score (nSPS) is 12.3. The lowest BCUT2D eigenvalue weighted by atomic mass is 10.1. The van der Waals surface area contributed by atoms with Crippen molar-refractivity contribution in [1.82, 2.24) is 15.3 Å². The van der Waals surface area contributed by atoms with Crippen molar-refractivity contribution in [2.45, 2.75) is 52.9 Å². The number of carbonyl (C=O) groups excluding carboxylic acids is 3. The van der Waals surface area contributed by atoms with E-state index in [9.17, 15) is 14.4 Å². The minimum absolute atomic E-state index is 0.131. The lowest BCUT2D eigenvalue weighted by molar-refractivity contribution is -0.148. The third-order valence-electron chi connectivity index (χ3n) is 5.38. The number of alkyl carbamates (subject to hydrolysis) is 1. The molecule has 0 aliphatic carbocycles. The zero-order valence-electron chi connectivity index (χ0n) is 22.6. The van der Waals surface area contributed by atoms with E-state index in [1.165, 1.54) is 14.2 Å². The van der Waals surface area contributed by atoms with Gasteiger partial charge in [-0.1, -0.05) is 19.9 Å². The van der Waals surface area contributed by atoms with Crippen molar-refractivity contribution in [3.05, 3.63) is 41.5 Å². The second-order valence-electron chi connectivity index (χ2n) is 9.84. The molecule has 2 aromatic carbocycles. The van der Waals surface area contributed by atoms with Crippen molar-refractivity contribution in [3.63, 3.8) is 0 Å². The van der Waals surface area contributed by atoms with E-state index in [0.29, 0.717) is 33.4 Å². The first-order valence-corrected chi connectivity index (χ1v) is 12.0. The van der Waals surface area contributed by atoms with Crippen LogP contribution in [0.1, 0.15) is 50.5 Å². The van der Waals surface area contributed by atoms with Gasteiger partial charge in [-0.05, 0) is 51.0 Å². The van der Waals surface area contributed by atoms with Gasteiger partial charge in [0.15, 0.2) is 6.79 Å². The molecule has 204 valence electrons. The zero-order chi connectivity index (χ0) is 28.0. The number of carbonyl (C=O) groups is 3. The van der Waals surface area contributed by atoms with Crippen molar-refractivity contribution in [3.8, 4) is 5.75 Å². The molecule has 0 unspecified atom stereocenters. The van der Waals surface area contributed by atoms with Gasteiger partial charge in [0.05, 0.1) is 23.7 Å². The molecule has 0 fully saturated rings. The Labute approximate surface area is 220 Å². The summed E-state index contributed by atoms with van der Waals surface area (Å²) in [4.78, 5) is 47.0. The Kier molecular flexibility index (Phi) is 9.05. The first kappa shape index (κ1) is 28.6. The van der Waals surface area contributed by atoms with E-state index in [2.05, 4.69) is 10.3 Å². The van der Waals surface area contributed by atoms with Crippen LogP contribution in [0.5, 0.6) is 5.75 Å². The van der Waals surface area contributed by atoms with E-state index in [-0.39, 0.29) is 24.9 Å². The molecule has 0 saturated heterocycles. The monoisotopic (exact) mass is 527 g/mol. The maximum atomic E-state index is 12.9. The molecule has 0 radical (unpaired) electrons. The van der Waals surface area contributed by atoms with Crippen LogP contribution in [0.2, 0.25) is 0 Å². The number of benzene rings is 2. The molecule has 0 saturated carbocycles. The standard InChI is InChI=1S/C27H33N3O8/c1-15(2)20(30-26(33)38-27(3,4)5)25(32)36-13-16-11-12-19(35-7)23-21(16)28-18-10-8-9-17(22(18)29-23)24(31)37-14-34-6/h8-12,15,20H,13-14H2,1-7H3,(H,30,33)/t20-/m0/s1. The highest BCUT2D eigenvalue weighted by Gasteiger charge is 2.28. The summed E-state index contributed by atoms with van der Waals surface area (Å²) < 4.78 is 26.2. The Morgan fingerprint density at radius 3 is 2.32 bits per heavy atom. The predicted octanol–water partition coefficient (Wildman–Crippen LogP) is 4.14. The third kappa shape index (κ3) is 6.86. The average Bonchev–Trinajstić information content (AvgIpc) is 2.86. The van der Waals surface area contributed by atoms with E-state index in [1.54, 1.807) is 65.0 Å². The van der Waals surface area contributed by atoms with Crippen LogP contribution in [-0.4, -0.2) is 60.7 Å². The van der Waals surface area contributed by atoms with Crippen LogP contribution in [0.4, 0.5) is 4.79 Å². The largest absolute Gasteiger partial charge is 0.494 e. The summed E-state index contributed by atoms with van der Waals surface area (Å²) in [7, 11) is 2.91. The van der Waals surface area contributed by atoms with Crippen LogP contribution < -0.4 is 10.1 Å². The summed E-state index contributed by atoms with van der Waals surface area (Å²) in [5.41, 5.74) is 1.67. The number of fused-ring (bicyclic) bond motifs is 2. The number of hydrogen-bond acceptors (Lipinski definition) is 10. The second kappa shape index (κ2) is 12.0. The van der Waals surface area contributed by atoms with E-state index in [4.69, 9.17) is 28.7 Å². The van der Waals surface area contributed by atoms with Crippen molar-refractivity contribution in [2.75, 3.05) is 21.0 Å². The van der Waals surface area contributed by atoms with Gasteiger partial charge in [-0.2, -0.15) is 0 Å². The van der Waals surface area contributed by atoms with Gasteiger partial charge in [-0.3, -0.25) is 0 Å². The Balaban J connectivity index is 1.92. The molecule has 11 heteroatoms. The van der Waals surface area contributed by atoms with E-state index < -0.39 is 29.7 Å². The molecule has 1 aromatic heterocycles. The van der Waals surface area contributed by atoms with Crippen LogP contribution in [0.15, 0.2) is 30.3 Å². The van der Waals surface area contributed by atoms with E-state index in [1.807, 2.05) is 0 Å². The number of amides is 1. The number of rotatable bonds is 9. The van der Waals surface area contributed by atoms with Crippen molar-refractivity contribution < 1.29 is 38.1 Å². The van der Waals surface area contributed by atoms with Gasteiger partial charge in [-0.15, -0.1) is 0 Å². The molecular weight excluding hydrogens is 494 g/mol. The molecule has 1 N–H and O–H groups in total. The number of nitrogens with one attached hydrogen (secondary N) is 1. The quantitative estimate of drug-likeness (QED) is 0.187. The van der Waals surface area contributed by atoms with Gasteiger partial charge in [0, 0.05) is 12.7 Å². The fourth-order valence-electron chi connectivity index (χ4n) is 3.61. The molecule has 3 rings (SSSR count). The molecule has 1 amide bonds. The van der Waals surface area contributed by atoms with Gasteiger partial charge in [-0.25, -0.2) is 24.4 Å². The SMILES string of the molecule is COCOC(=O)c1cccc2nc3c(COC(=O)[C@@H](NC(=O)OC(C)(C)C)C(C)C)ccc(OC)c3nc12. The third-order valence-corrected chi connectivity index (χ3v) is 5.38. The summed E-state index contributed by atoms with van der Waals surface area (Å²) in [6.45, 7) is 8.46. The topological polar surface area (TPSA) is 135 Å². The van der Waals surface area contributed by atoms with Crippen LogP contribution in [0.25, 0.3) is 22.1 Å². The van der Waals surface area contributed by atoms with Crippen LogP contribution >= 0.6 is 0 Å². The van der Waals surface area contributed by atoms with Crippen molar-refractivity contribution >= 4 is 40.1 Å². The van der Waals surface area contributed by atoms with Crippen LogP contribution in [0.3, 0.4) is 0 Å². The van der Waals surface area contributed by atoms with E-state index >= 15 is 0 Å². The fraction of sp³-hybridized carbons (Fsp3) is 0.444. The molecule has 0 aliphatic rings. The highest BCUT2D eigenvalue weighted by molar-refractivity contribution is 6.04. The lowest BCUT2D eigenvalue weighted by Gasteiger charge is -2.24. The first-order chi connectivity index (χ1) is 17.9.